The number of nitrogens with one attached hydrogen (secondary N) is 1. The van der Waals surface area contributed by atoms with Crippen LogP contribution in [0.25, 0.3) is 10.1 Å². The Kier molecular flexibility index (Phi) is 5.36. The molecular weight excluding hydrogens is 285 g/mol. The Morgan fingerprint density at radius 1 is 1.33 bits per heavy atom. The van der Waals surface area contributed by atoms with E-state index >= 15 is 0 Å². The van der Waals surface area contributed by atoms with Gasteiger partial charge in [0.2, 0.25) is 0 Å². The predicted molar refractivity (Wildman–Crippen MR) is 88.5 cm³/mol. The van der Waals surface area contributed by atoms with Crippen molar-refractivity contribution in [1.82, 2.24) is 5.32 Å². The van der Waals surface area contributed by atoms with Gasteiger partial charge in [0.25, 0.3) is 0 Å². The van der Waals surface area contributed by atoms with Gasteiger partial charge in [0, 0.05) is 22.7 Å². The van der Waals surface area contributed by atoms with E-state index in [0.717, 1.165) is 29.5 Å². The molecule has 0 aliphatic carbocycles. The minimum absolute atomic E-state index is 0.115. The summed E-state index contributed by atoms with van der Waals surface area (Å²) in [4.78, 5) is 1.27. The number of hydrogen-bond acceptors (Lipinski definition) is 3. The molecule has 0 bridgehead atoms. The van der Waals surface area contributed by atoms with Gasteiger partial charge in [-0.05, 0) is 62.9 Å². The fourth-order valence-corrected chi connectivity index (χ4v) is 3.55. The van der Waals surface area contributed by atoms with Crippen LogP contribution in [0.4, 0.5) is 4.39 Å². The second-order valence-electron chi connectivity index (χ2n) is 5.94. The Morgan fingerprint density at radius 2 is 2.10 bits per heavy atom. The van der Waals surface area contributed by atoms with Gasteiger partial charge >= 0.3 is 0 Å². The summed E-state index contributed by atoms with van der Waals surface area (Å²) in [6.07, 6.45) is 1.98. The van der Waals surface area contributed by atoms with Crippen molar-refractivity contribution in [2.45, 2.75) is 45.3 Å². The molecule has 0 fully saturated rings. The number of thiophene rings is 1. The molecule has 116 valence electrons. The van der Waals surface area contributed by atoms with E-state index in [1.165, 1.54) is 10.9 Å². The van der Waals surface area contributed by atoms with Gasteiger partial charge in [-0.15, -0.1) is 11.3 Å². The van der Waals surface area contributed by atoms with Crippen LogP contribution in [0.1, 0.15) is 44.5 Å². The van der Waals surface area contributed by atoms with Crippen LogP contribution in [0, 0.1) is 5.82 Å². The highest BCUT2D eigenvalue weighted by atomic mass is 32.1. The van der Waals surface area contributed by atoms with E-state index in [1.807, 2.05) is 6.07 Å². The fourth-order valence-electron chi connectivity index (χ4n) is 2.39. The molecule has 0 spiro atoms. The molecule has 2 rings (SSSR count). The van der Waals surface area contributed by atoms with Crippen LogP contribution in [-0.2, 0) is 4.74 Å². The molecule has 1 heterocycles. The van der Waals surface area contributed by atoms with Gasteiger partial charge in [0.05, 0.1) is 5.60 Å². The second kappa shape index (κ2) is 6.86. The lowest BCUT2D eigenvalue weighted by Crippen LogP contribution is -2.27. The number of rotatable bonds is 7. The molecule has 0 radical (unpaired) electrons. The number of benzene rings is 1. The van der Waals surface area contributed by atoms with Gasteiger partial charge in [-0.25, -0.2) is 4.39 Å². The van der Waals surface area contributed by atoms with Crippen LogP contribution in [0.5, 0.6) is 0 Å². The average Bonchev–Trinajstić information content (AvgIpc) is 2.86. The topological polar surface area (TPSA) is 21.3 Å². The Labute approximate surface area is 130 Å². The van der Waals surface area contributed by atoms with Crippen molar-refractivity contribution in [1.29, 1.82) is 0 Å². The maximum atomic E-state index is 13.3. The van der Waals surface area contributed by atoms with Crippen molar-refractivity contribution in [3.8, 4) is 0 Å². The van der Waals surface area contributed by atoms with Crippen molar-refractivity contribution in [2.24, 2.45) is 0 Å². The summed E-state index contributed by atoms with van der Waals surface area (Å²) in [5.41, 5.74) is -0.115. The molecule has 21 heavy (non-hydrogen) atoms. The van der Waals surface area contributed by atoms with Crippen molar-refractivity contribution in [3.05, 3.63) is 35.0 Å². The van der Waals surface area contributed by atoms with E-state index in [0.29, 0.717) is 6.04 Å². The summed E-state index contributed by atoms with van der Waals surface area (Å²) in [6, 6.07) is 7.40. The molecule has 1 atom stereocenters. The van der Waals surface area contributed by atoms with Gasteiger partial charge in [0.15, 0.2) is 0 Å². The lowest BCUT2D eigenvalue weighted by Gasteiger charge is -2.26. The highest BCUT2D eigenvalue weighted by Crippen LogP contribution is 2.33. The lowest BCUT2D eigenvalue weighted by molar-refractivity contribution is 0.0118. The fraction of sp³-hybridized carbons (Fsp3) is 0.529. The highest BCUT2D eigenvalue weighted by Gasteiger charge is 2.21. The normalized spacial score (nSPS) is 13.8. The van der Waals surface area contributed by atoms with Gasteiger partial charge < -0.3 is 10.1 Å². The summed E-state index contributed by atoms with van der Waals surface area (Å²) in [6.45, 7) is 7.24. The van der Waals surface area contributed by atoms with Crippen LogP contribution >= 0.6 is 11.3 Å². The zero-order valence-electron chi connectivity index (χ0n) is 13.2. The van der Waals surface area contributed by atoms with Gasteiger partial charge in [0.1, 0.15) is 5.82 Å². The molecule has 1 N–H and O–H groups in total. The summed E-state index contributed by atoms with van der Waals surface area (Å²) < 4.78 is 20.0. The zero-order chi connectivity index (χ0) is 15.5. The standard InChI is InChI=1S/C17H24FNOS/c1-5-19-14(8-9-17(2,3)20-4)16-11-12-10-13(18)6-7-15(12)21-16/h6-7,10-11,14,19H,5,8-9H2,1-4H3. The van der Waals surface area contributed by atoms with Gasteiger partial charge in [-0.1, -0.05) is 6.92 Å². The molecule has 4 heteroatoms. The molecule has 2 aromatic rings. The SMILES string of the molecule is CCNC(CCC(C)(C)OC)c1cc2cc(F)ccc2s1. The smallest absolute Gasteiger partial charge is 0.123 e. The third-order valence-electron chi connectivity index (χ3n) is 3.88. The molecule has 0 aliphatic rings. The van der Waals surface area contributed by atoms with Crippen molar-refractivity contribution < 1.29 is 9.13 Å². The molecular formula is C17H24FNOS. The monoisotopic (exact) mass is 309 g/mol. The number of halogens is 1. The minimum Gasteiger partial charge on any atom is -0.379 e. The maximum absolute atomic E-state index is 13.3. The van der Waals surface area contributed by atoms with Gasteiger partial charge in [-0.3, -0.25) is 0 Å². The van der Waals surface area contributed by atoms with Crippen molar-refractivity contribution in [2.75, 3.05) is 13.7 Å². The van der Waals surface area contributed by atoms with Crippen molar-refractivity contribution >= 4 is 21.4 Å². The molecule has 0 saturated carbocycles. The minimum atomic E-state index is -0.174. The molecule has 2 nitrogen and oxygen atoms in total. The Bertz CT molecular complexity index is 593. The summed E-state index contributed by atoms with van der Waals surface area (Å²) in [7, 11) is 1.75. The Balaban J connectivity index is 2.19. The Morgan fingerprint density at radius 3 is 2.76 bits per heavy atom. The summed E-state index contributed by atoms with van der Waals surface area (Å²) >= 11 is 1.74. The quantitative estimate of drug-likeness (QED) is 0.785. The lowest BCUT2D eigenvalue weighted by atomic mass is 9.98. The molecule has 0 amide bonds. The first kappa shape index (κ1) is 16.4. The van der Waals surface area contributed by atoms with E-state index in [-0.39, 0.29) is 11.4 Å². The van der Waals surface area contributed by atoms with Crippen LogP contribution in [0.15, 0.2) is 24.3 Å². The number of ether oxygens (including phenoxy) is 1. The first-order valence-electron chi connectivity index (χ1n) is 7.42. The molecule has 1 unspecified atom stereocenters. The third kappa shape index (κ3) is 4.25. The number of methoxy groups -OCH3 is 1. The van der Waals surface area contributed by atoms with Crippen molar-refractivity contribution in [3.63, 3.8) is 0 Å². The summed E-state index contributed by atoms with van der Waals surface area (Å²) in [5.74, 6) is -0.174. The Hall–Kier alpha value is -0.970. The van der Waals surface area contributed by atoms with E-state index < -0.39 is 0 Å². The van der Waals surface area contributed by atoms with Crippen LogP contribution in [-0.4, -0.2) is 19.3 Å². The predicted octanol–water partition coefficient (Wildman–Crippen LogP) is 4.90. The van der Waals surface area contributed by atoms with E-state index in [9.17, 15) is 4.39 Å². The van der Waals surface area contributed by atoms with Crippen LogP contribution in [0.2, 0.25) is 0 Å². The molecule has 1 aromatic carbocycles. The van der Waals surface area contributed by atoms with Crippen LogP contribution < -0.4 is 5.32 Å². The van der Waals surface area contributed by atoms with E-state index in [2.05, 4.69) is 32.2 Å². The molecule has 1 aromatic heterocycles. The largest absolute Gasteiger partial charge is 0.379 e. The zero-order valence-corrected chi connectivity index (χ0v) is 14.0. The maximum Gasteiger partial charge on any atom is 0.123 e. The first-order chi connectivity index (χ1) is 9.95. The van der Waals surface area contributed by atoms with Gasteiger partial charge in [-0.2, -0.15) is 0 Å². The van der Waals surface area contributed by atoms with E-state index in [4.69, 9.17) is 4.74 Å². The molecule has 0 saturated heterocycles. The third-order valence-corrected chi connectivity index (χ3v) is 5.11. The molecule has 0 aliphatic heterocycles. The number of fused-ring (bicyclic) bond motifs is 1. The summed E-state index contributed by atoms with van der Waals surface area (Å²) in [5, 5.41) is 4.52. The average molecular weight is 309 g/mol. The first-order valence-corrected chi connectivity index (χ1v) is 8.24. The van der Waals surface area contributed by atoms with E-state index in [1.54, 1.807) is 24.5 Å². The second-order valence-corrected chi connectivity index (χ2v) is 7.06. The number of hydrogen-bond donors (Lipinski definition) is 1. The van der Waals surface area contributed by atoms with Crippen LogP contribution in [0.3, 0.4) is 0 Å². The highest BCUT2D eigenvalue weighted by molar-refractivity contribution is 7.19.